The van der Waals surface area contributed by atoms with Gasteiger partial charge in [-0.05, 0) is 24.3 Å². The fourth-order valence-corrected chi connectivity index (χ4v) is 2.79. The van der Waals surface area contributed by atoms with E-state index in [-0.39, 0.29) is 10.9 Å². The molecule has 13 heavy (non-hydrogen) atoms. The van der Waals surface area contributed by atoms with E-state index in [1.54, 1.807) is 0 Å². The van der Waals surface area contributed by atoms with Crippen molar-refractivity contribution in [2.24, 2.45) is 0 Å². The van der Waals surface area contributed by atoms with Crippen LogP contribution in [0.25, 0.3) is 0 Å². The van der Waals surface area contributed by atoms with Crippen molar-refractivity contribution in [3.05, 3.63) is 55.6 Å². The van der Waals surface area contributed by atoms with Gasteiger partial charge in [0.1, 0.15) is 11.5 Å². The second-order valence-electron chi connectivity index (χ2n) is 2.72. The first-order valence-corrected chi connectivity index (χ1v) is 5.89. The minimum atomic E-state index is 0.276. The zero-order chi connectivity index (χ0) is 9.52. The van der Waals surface area contributed by atoms with Crippen LogP contribution in [0.3, 0.4) is 0 Å². The van der Waals surface area contributed by atoms with Gasteiger partial charge >= 0.3 is 0 Å². The molecule has 0 bridgehead atoms. The van der Waals surface area contributed by atoms with Gasteiger partial charge in [-0.15, -0.1) is 0 Å². The lowest BCUT2D eigenvalue weighted by Gasteiger charge is -2.02. The van der Waals surface area contributed by atoms with Crippen molar-refractivity contribution in [1.82, 2.24) is 0 Å². The Bertz CT molecular complexity index is 254. The van der Waals surface area contributed by atoms with Crippen molar-refractivity contribution in [2.75, 3.05) is 11.5 Å². The molecular weight excluding hydrogens is 176 g/mol. The first kappa shape index (κ1) is 10.1. The fourth-order valence-electron chi connectivity index (χ4n) is 1.16. The highest BCUT2D eigenvalue weighted by Gasteiger charge is 2.16. The molecule has 0 aliphatic rings. The first-order chi connectivity index (χ1) is 6.38. The van der Waals surface area contributed by atoms with Gasteiger partial charge in [-0.3, -0.25) is 0 Å². The number of benzene rings is 1. The predicted molar refractivity (Wildman–Crippen MR) is 62.2 cm³/mol. The zero-order valence-electron chi connectivity index (χ0n) is 7.78. The zero-order valence-corrected chi connectivity index (χ0v) is 8.59. The topological polar surface area (TPSA) is 0 Å². The lowest BCUT2D eigenvalue weighted by Crippen LogP contribution is -2.09. The molecule has 0 nitrogen and oxygen atoms in total. The van der Waals surface area contributed by atoms with Crippen LogP contribution in [0.4, 0.5) is 0 Å². The Morgan fingerprint density at radius 3 is 2.00 bits per heavy atom. The molecule has 0 unspecified atom stereocenters. The number of rotatable bonds is 5. The Hall–Kier alpha value is -0.950. The molecule has 0 aromatic heterocycles. The van der Waals surface area contributed by atoms with Gasteiger partial charge in [-0.2, -0.15) is 0 Å². The van der Waals surface area contributed by atoms with E-state index in [0.29, 0.717) is 0 Å². The van der Waals surface area contributed by atoms with Crippen LogP contribution in [-0.2, 0) is 10.9 Å². The molecule has 0 spiro atoms. The van der Waals surface area contributed by atoms with Crippen molar-refractivity contribution < 1.29 is 0 Å². The Kier molecular flexibility index (Phi) is 4.41. The van der Waals surface area contributed by atoms with E-state index in [1.807, 2.05) is 18.2 Å². The van der Waals surface area contributed by atoms with Crippen LogP contribution < -0.4 is 0 Å². The summed E-state index contributed by atoms with van der Waals surface area (Å²) < 4.78 is 0. The van der Waals surface area contributed by atoms with Crippen molar-refractivity contribution >= 4 is 10.9 Å². The highest BCUT2D eigenvalue weighted by atomic mass is 32.2. The summed E-state index contributed by atoms with van der Waals surface area (Å²) in [5.41, 5.74) is 0. The second kappa shape index (κ2) is 5.65. The molecule has 1 aromatic carbocycles. The lowest BCUT2D eigenvalue weighted by molar-refractivity contribution is 1.42. The Balaban J connectivity index is 2.75. The summed E-state index contributed by atoms with van der Waals surface area (Å²) >= 11 is 0. The average Bonchev–Trinajstić information content (AvgIpc) is 2.19. The highest BCUT2D eigenvalue weighted by molar-refractivity contribution is 7.97. The maximum atomic E-state index is 3.78. The average molecular weight is 191 g/mol. The molecule has 0 amide bonds. The quantitative estimate of drug-likeness (QED) is 0.496. The summed E-state index contributed by atoms with van der Waals surface area (Å²) in [6, 6.07) is 10.6. The standard InChI is InChI=1S/C12H15S/c1-3-10-13(11-4-2)12-8-6-5-7-9-12/h3-9H,1-2,10-11H2/q+1. The largest absolute Gasteiger partial charge is 0.155 e. The molecule has 0 fully saturated rings. The van der Waals surface area contributed by atoms with Gasteiger partial charge in [-0.25, -0.2) is 0 Å². The summed E-state index contributed by atoms with van der Waals surface area (Å²) in [5.74, 6) is 2.10. The first-order valence-electron chi connectivity index (χ1n) is 4.33. The van der Waals surface area contributed by atoms with Gasteiger partial charge in [0.15, 0.2) is 4.90 Å². The summed E-state index contributed by atoms with van der Waals surface area (Å²) in [4.78, 5) is 1.40. The molecule has 0 heterocycles. The van der Waals surface area contributed by atoms with Crippen LogP contribution in [0.5, 0.6) is 0 Å². The summed E-state index contributed by atoms with van der Waals surface area (Å²) in [5, 5.41) is 0. The third-order valence-corrected chi connectivity index (χ3v) is 3.93. The Morgan fingerprint density at radius 1 is 1.00 bits per heavy atom. The molecule has 0 aliphatic heterocycles. The minimum Gasteiger partial charge on any atom is -0.0984 e. The van der Waals surface area contributed by atoms with E-state index in [2.05, 4.69) is 37.4 Å². The minimum absolute atomic E-state index is 0.276. The van der Waals surface area contributed by atoms with Gasteiger partial charge in [0.2, 0.25) is 0 Å². The van der Waals surface area contributed by atoms with Gasteiger partial charge in [0.25, 0.3) is 0 Å². The molecule has 0 aliphatic carbocycles. The molecule has 0 saturated heterocycles. The van der Waals surface area contributed by atoms with E-state index < -0.39 is 0 Å². The molecule has 0 N–H and O–H groups in total. The SMILES string of the molecule is C=CC[S+](CC=C)c1ccccc1. The maximum absolute atomic E-state index is 3.78. The molecule has 1 aromatic rings. The van der Waals surface area contributed by atoms with Gasteiger partial charge in [0, 0.05) is 10.9 Å². The molecule has 0 atom stereocenters. The van der Waals surface area contributed by atoms with Crippen LogP contribution >= 0.6 is 0 Å². The lowest BCUT2D eigenvalue weighted by atomic mass is 10.4. The summed E-state index contributed by atoms with van der Waals surface area (Å²) in [6.45, 7) is 7.56. The van der Waals surface area contributed by atoms with E-state index in [0.717, 1.165) is 11.5 Å². The molecule has 0 saturated carbocycles. The molecule has 1 heteroatoms. The number of hydrogen-bond donors (Lipinski definition) is 0. The van der Waals surface area contributed by atoms with Crippen LogP contribution in [0.1, 0.15) is 0 Å². The highest BCUT2D eigenvalue weighted by Crippen LogP contribution is 2.13. The van der Waals surface area contributed by atoms with E-state index >= 15 is 0 Å². The van der Waals surface area contributed by atoms with Crippen molar-refractivity contribution in [2.45, 2.75) is 4.90 Å². The molecular formula is C12H15S+. The van der Waals surface area contributed by atoms with Crippen molar-refractivity contribution in [3.8, 4) is 0 Å². The van der Waals surface area contributed by atoms with Gasteiger partial charge < -0.3 is 0 Å². The monoisotopic (exact) mass is 191 g/mol. The third kappa shape index (κ3) is 3.11. The molecule has 68 valence electrons. The Morgan fingerprint density at radius 2 is 1.54 bits per heavy atom. The molecule has 0 radical (unpaired) electrons. The van der Waals surface area contributed by atoms with Crippen molar-refractivity contribution in [1.29, 1.82) is 0 Å². The van der Waals surface area contributed by atoms with Gasteiger partial charge in [0.05, 0.1) is 0 Å². The Labute approximate surface area is 83.3 Å². The predicted octanol–water partition coefficient (Wildman–Crippen LogP) is 3.04. The maximum Gasteiger partial charge on any atom is 0.155 e. The van der Waals surface area contributed by atoms with Crippen LogP contribution in [-0.4, -0.2) is 11.5 Å². The van der Waals surface area contributed by atoms with E-state index in [9.17, 15) is 0 Å². The smallest absolute Gasteiger partial charge is 0.0984 e. The van der Waals surface area contributed by atoms with Crippen LogP contribution in [0.15, 0.2) is 60.5 Å². The molecule has 1 rings (SSSR count). The normalized spacial score (nSPS) is 9.92. The summed E-state index contributed by atoms with van der Waals surface area (Å²) in [6.07, 6.45) is 3.97. The van der Waals surface area contributed by atoms with Crippen LogP contribution in [0.2, 0.25) is 0 Å². The van der Waals surface area contributed by atoms with Crippen LogP contribution in [0, 0.1) is 0 Å². The van der Waals surface area contributed by atoms with E-state index in [1.165, 1.54) is 4.90 Å². The third-order valence-electron chi connectivity index (χ3n) is 1.71. The second-order valence-corrected chi connectivity index (χ2v) is 4.84. The van der Waals surface area contributed by atoms with E-state index in [4.69, 9.17) is 0 Å². The fraction of sp³-hybridized carbons (Fsp3) is 0.167. The van der Waals surface area contributed by atoms with Gasteiger partial charge in [-0.1, -0.05) is 31.4 Å². The summed E-state index contributed by atoms with van der Waals surface area (Å²) in [7, 11) is 0.276. The van der Waals surface area contributed by atoms with Crippen molar-refractivity contribution in [3.63, 3.8) is 0 Å². The number of hydrogen-bond acceptors (Lipinski definition) is 0.